The molecule has 5 nitrogen and oxygen atoms in total. The fraction of sp³-hybridized carbons (Fsp3) is 0.238. The van der Waals surface area contributed by atoms with Gasteiger partial charge in [-0.1, -0.05) is 24.3 Å². The van der Waals surface area contributed by atoms with E-state index in [1.165, 1.54) is 11.6 Å². The molecule has 148 valence electrons. The normalized spacial score (nSPS) is 11.0. The summed E-state index contributed by atoms with van der Waals surface area (Å²) in [4.78, 5) is 4.23. The highest BCUT2D eigenvalue weighted by Gasteiger charge is 2.02. The van der Waals surface area contributed by atoms with E-state index in [-0.39, 0.29) is 29.8 Å². The van der Waals surface area contributed by atoms with Crippen LogP contribution in [0.4, 0.5) is 4.39 Å². The van der Waals surface area contributed by atoms with Gasteiger partial charge in [0.1, 0.15) is 5.82 Å². The van der Waals surface area contributed by atoms with Gasteiger partial charge in [-0.3, -0.25) is 4.99 Å². The number of aliphatic imine (C=N–C) groups is 1. The first-order chi connectivity index (χ1) is 13.2. The van der Waals surface area contributed by atoms with Crippen LogP contribution in [0.15, 0.2) is 65.9 Å². The standard InChI is InChI=1S/C21H24FN5.HI/c1-16-14-18(6-9-20(16)22)15-25-21(23-2)24-12-10-17-4-7-19(8-5-17)27-13-3-11-26-27;/h3-9,11,13-14H,10,12,15H2,1-2H3,(H2,23,24,25);1H. The highest BCUT2D eigenvalue weighted by atomic mass is 127. The van der Waals surface area contributed by atoms with Crippen molar-refractivity contribution in [3.05, 3.63) is 83.4 Å². The molecule has 3 rings (SSSR count). The van der Waals surface area contributed by atoms with Crippen LogP contribution >= 0.6 is 24.0 Å². The number of halogens is 2. The third-order valence-corrected chi connectivity index (χ3v) is 4.32. The molecule has 0 spiro atoms. The van der Waals surface area contributed by atoms with Crippen LogP contribution in [0.3, 0.4) is 0 Å². The summed E-state index contributed by atoms with van der Waals surface area (Å²) < 4.78 is 15.2. The number of nitrogens with zero attached hydrogens (tertiary/aromatic N) is 3. The Kier molecular flexibility index (Phi) is 8.43. The Balaban J connectivity index is 0.00000280. The summed E-state index contributed by atoms with van der Waals surface area (Å²) in [6, 6.07) is 15.4. The van der Waals surface area contributed by atoms with E-state index in [2.05, 4.69) is 45.0 Å². The zero-order valence-corrected chi connectivity index (χ0v) is 18.4. The number of rotatable bonds is 6. The van der Waals surface area contributed by atoms with E-state index in [1.807, 2.05) is 23.0 Å². The Hall–Kier alpha value is -2.42. The van der Waals surface area contributed by atoms with Crippen molar-refractivity contribution in [3.63, 3.8) is 0 Å². The summed E-state index contributed by atoms with van der Waals surface area (Å²) >= 11 is 0. The molecule has 0 unspecified atom stereocenters. The molecule has 0 aliphatic carbocycles. The second-order valence-electron chi connectivity index (χ2n) is 6.30. The van der Waals surface area contributed by atoms with Crippen molar-refractivity contribution in [3.8, 4) is 5.69 Å². The van der Waals surface area contributed by atoms with E-state index in [4.69, 9.17) is 0 Å². The van der Waals surface area contributed by atoms with Crippen molar-refractivity contribution in [1.29, 1.82) is 0 Å². The molecule has 2 N–H and O–H groups in total. The predicted octanol–water partition coefficient (Wildman–Crippen LogP) is 3.85. The molecule has 0 aliphatic rings. The zero-order chi connectivity index (χ0) is 19.1. The lowest BCUT2D eigenvalue weighted by atomic mass is 10.1. The number of aryl methyl sites for hydroxylation is 1. The van der Waals surface area contributed by atoms with Crippen LogP contribution in [0.25, 0.3) is 5.69 Å². The Morgan fingerprint density at radius 3 is 2.50 bits per heavy atom. The molecule has 7 heteroatoms. The van der Waals surface area contributed by atoms with E-state index in [9.17, 15) is 4.39 Å². The fourth-order valence-corrected chi connectivity index (χ4v) is 2.79. The summed E-state index contributed by atoms with van der Waals surface area (Å²) in [5.41, 5.74) is 3.95. The Morgan fingerprint density at radius 2 is 1.86 bits per heavy atom. The number of guanidine groups is 1. The minimum absolute atomic E-state index is 0. The molecule has 2 aromatic carbocycles. The maximum absolute atomic E-state index is 13.3. The highest BCUT2D eigenvalue weighted by Crippen LogP contribution is 2.10. The van der Waals surface area contributed by atoms with E-state index < -0.39 is 0 Å². The van der Waals surface area contributed by atoms with E-state index in [0.717, 1.165) is 30.2 Å². The molecule has 0 saturated heterocycles. The molecule has 0 bridgehead atoms. The van der Waals surface area contributed by atoms with Crippen molar-refractivity contribution >= 4 is 29.9 Å². The van der Waals surface area contributed by atoms with E-state index in [1.54, 1.807) is 26.2 Å². The summed E-state index contributed by atoms with van der Waals surface area (Å²) in [5.74, 6) is 0.546. The fourth-order valence-electron chi connectivity index (χ4n) is 2.79. The Labute approximate surface area is 182 Å². The highest BCUT2D eigenvalue weighted by molar-refractivity contribution is 14.0. The monoisotopic (exact) mass is 493 g/mol. The van der Waals surface area contributed by atoms with Crippen molar-refractivity contribution in [2.24, 2.45) is 4.99 Å². The number of benzene rings is 2. The second-order valence-corrected chi connectivity index (χ2v) is 6.30. The molecule has 3 aromatic rings. The van der Waals surface area contributed by atoms with Gasteiger partial charge >= 0.3 is 0 Å². The molecule has 0 saturated carbocycles. The van der Waals surface area contributed by atoms with Gasteiger partial charge in [0.25, 0.3) is 0 Å². The van der Waals surface area contributed by atoms with Crippen LogP contribution in [-0.4, -0.2) is 29.3 Å². The number of hydrogen-bond acceptors (Lipinski definition) is 2. The van der Waals surface area contributed by atoms with Crippen molar-refractivity contribution < 1.29 is 4.39 Å². The summed E-state index contributed by atoms with van der Waals surface area (Å²) in [6.07, 6.45) is 4.58. The van der Waals surface area contributed by atoms with Crippen LogP contribution in [0.2, 0.25) is 0 Å². The molecule has 1 aromatic heterocycles. The second kappa shape index (κ2) is 10.8. The molecule has 0 aliphatic heterocycles. The van der Waals surface area contributed by atoms with Crippen LogP contribution in [-0.2, 0) is 13.0 Å². The molecule has 28 heavy (non-hydrogen) atoms. The number of hydrogen-bond donors (Lipinski definition) is 2. The van der Waals surface area contributed by atoms with Crippen LogP contribution in [0.1, 0.15) is 16.7 Å². The Morgan fingerprint density at radius 1 is 1.11 bits per heavy atom. The average molecular weight is 493 g/mol. The predicted molar refractivity (Wildman–Crippen MR) is 122 cm³/mol. The van der Waals surface area contributed by atoms with E-state index in [0.29, 0.717) is 12.1 Å². The lowest BCUT2D eigenvalue weighted by molar-refractivity contribution is 0.617. The van der Waals surface area contributed by atoms with Gasteiger partial charge in [-0.2, -0.15) is 5.10 Å². The number of nitrogens with one attached hydrogen (secondary N) is 2. The molecule has 0 radical (unpaired) electrons. The summed E-state index contributed by atoms with van der Waals surface area (Å²) in [7, 11) is 1.74. The van der Waals surface area contributed by atoms with Crippen molar-refractivity contribution in [1.82, 2.24) is 20.4 Å². The maximum atomic E-state index is 13.3. The SMILES string of the molecule is CN=C(NCCc1ccc(-n2cccn2)cc1)NCc1ccc(F)c(C)c1.I. The van der Waals surface area contributed by atoms with Gasteiger partial charge in [0, 0.05) is 32.5 Å². The Bertz CT molecular complexity index is 892. The largest absolute Gasteiger partial charge is 0.356 e. The lowest BCUT2D eigenvalue weighted by Crippen LogP contribution is -2.37. The topological polar surface area (TPSA) is 54.2 Å². The van der Waals surface area contributed by atoms with Crippen molar-refractivity contribution in [2.75, 3.05) is 13.6 Å². The van der Waals surface area contributed by atoms with Gasteiger partial charge < -0.3 is 10.6 Å². The molecule has 0 amide bonds. The average Bonchev–Trinajstić information content (AvgIpc) is 3.22. The quantitative estimate of drug-likeness (QED) is 0.312. The van der Waals surface area contributed by atoms with Gasteiger partial charge in [0.05, 0.1) is 5.69 Å². The van der Waals surface area contributed by atoms with Crippen molar-refractivity contribution in [2.45, 2.75) is 19.9 Å². The molecule has 0 atom stereocenters. The van der Waals surface area contributed by atoms with Crippen LogP contribution < -0.4 is 10.6 Å². The smallest absolute Gasteiger partial charge is 0.191 e. The molecular formula is C21H25FIN5. The first-order valence-corrected chi connectivity index (χ1v) is 8.94. The summed E-state index contributed by atoms with van der Waals surface area (Å²) in [5, 5.41) is 10.8. The van der Waals surface area contributed by atoms with Gasteiger partial charge in [-0.05, 0) is 54.3 Å². The molecule has 0 fully saturated rings. The minimum Gasteiger partial charge on any atom is -0.356 e. The van der Waals surface area contributed by atoms with Gasteiger partial charge in [0.2, 0.25) is 0 Å². The first-order valence-electron chi connectivity index (χ1n) is 8.94. The third-order valence-electron chi connectivity index (χ3n) is 4.32. The van der Waals surface area contributed by atoms with Crippen LogP contribution in [0.5, 0.6) is 0 Å². The lowest BCUT2D eigenvalue weighted by Gasteiger charge is -2.12. The van der Waals surface area contributed by atoms with E-state index >= 15 is 0 Å². The van der Waals surface area contributed by atoms with Gasteiger partial charge in [-0.25, -0.2) is 9.07 Å². The first kappa shape index (κ1) is 21.9. The maximum Gasteiger partial charge on any atom is 0.191 e. The molecule has 1 heterocycles. The minimum atomic E-state index is -0.181. The van der Waals surface area contributed by atoms with Gasteiger partial charge in [-0.15, -0.1) is 24.0 Å². The molecular weight excluding hydrogens is 468 g/mol. The third kappa shape index (κ3) is 6.05. The summed E-state index contributed by atoms with van der Waals surface area (Å²) in [6.45, 7) is 3.13. The van der Waals surface area contributed by atoms with Gasteiger partial charge in [0.15, 0.2) is 5.96 Å². The number of aromatic nitrogens is 2. The van der Waals surface area contributed by atoms with Crippen LogP contribution in [0, 0.1) is 12.7 Å². The zero-order valence-electron chi connectivity index (χ0n) is 16.0.